The lowest BCUT2D eigenvalue weighted by atomic mass is 9.97. The van der Waals surface area contributed by atoms with E-state index in [1.807, 2.05) is 4.90 Å². The third-order valence-electron chi connectivity index (χ3n) is 3.59. The molecule has 1 aromatic heterocycles. The number of hydrogen-bond acceptors (Lipinski definition) is 2. The van der Waals surface area contributed by atoms with Crippen LogP contribution in [0.2, 0.25) is 0 Å². The van der Waals surface area contributed by atoms with Gasteiger partial charge in [0.2, 0.25) is 0 Å². The average molecular weight is 252 g/mol. The van der Waals surface area contributed by atoms with Gasteiger partial charge in [0.15, 0.2) is 0 Å². The van der Waals surface area contributed by atoms with E-state index < -0.39 is 0 Å². The number of nitrogens with zero attached hydrogens (tertiary/aromatic N) is 2. The van der Waals surface area contributed by atoms with Crippen molar-refractivity contribution in [2.24, 2.45) is 0 Å². The fourth-order valence-corrected chi connectivity index (χ4v) is 2.54. The highest BCUT2D eigenvalue weighted by Gasteiger charge is 2.21. The summed E-state index contributed by atoms with van der Waals surface area (Å²) in [5, 5.41) is 0. The number of carbonyl (C=O) groups is 1. The summed E-state index contributed by atoms with van der Waals surface area (Å²) in [6, 6.07) is 10.0. The monoisotopic (exact) mass is 252 g/mol. The minimum absolute atomic E-state index is 0.0922. The van der Waals surface area contributed by atoms with Crippen molar-refractivity contribution in [1.29, 1.82) is 0 Å². The van der Waals surface area contributed by atoms with E-state index in [9.17, 15) is 4.79 Å². The van der Waals surface area contributed by atoms with Crippen molar-refractivity contribution in [3.8, 4) is 0 Å². The maximum Gasteiger partial charge on any atom is 0.254 e. The molecule has 2 heterocycles. The largest absolute Gasteiger partial charge is 0.334 e. The van der Waals surface area contributed by atoms with Crippen LogP contribution in [0, 0.1) is 6.92 Å². The molecular weight excluding hydrogens is 236 g/mol. The molecule has 0 atom stereocenters. The zero-order valence-corrected chi connectivity index (χ0v) is 11.0. The average Bonchev–Trinajstić information content (AvgIpc) is 2.46. The second-order valence-corrected chi connectivity index (χ2v) is 4.98. The van der Waals surface area contributed by atoms with Crippen molar-refractivity contribution >= 4 is 5.91 Å². The van der Waals surface area contributed by atoms with E-state index in [4.69, 9.17) is 0 Å². The molecule has 3 heteroatoms. The van der Waals surface area contributed by atoms with Crippen LogP contribution >= 0.6 is 0 Å². The van der Waals surface area contributed by atoms with Gasteiger partial charge in [-0.2, -0.15) is 0 Å². The topological polar surface area (TPSA) is 33.2 Å². The molecule has 0 unspecified atom stereocenters. The van der Waals surface area contributed by atoms with Gasteiger partial charge in [-0.3, -0.25) is 9.78 Å². The second kappa shape index (κ2) is 4.84. The summed E-state index contributed by atoms with van der Waals surface area (Å²) >= 11 is 0. The molecule has 0 saturated carbocycles. The Morgan fingerprint density at radius 3 is 2.74 bits per heavy atom. The Hall–Kier alpha value is -2.16. The van der Waals surface area contributed by atoms with Crippen LogP contribution in [0.4, 0.5) is 0 Å². The molecule has 0 N–H and O–H groups in total. The lowest BCUT2D eigenvalue weighted by molar-refractivity contribution is 0.0734. The number of benzene rings is 1. The fourth-order valence-electron chi connectivity index (χ4n) is 2.54. The van der Waals surface area contributed by atoms with Gasteiger partial charge in [0.05, 0.1) is 0 Å². The Balaban J connectivity index is 1.84. The number of hydrogen-bond donors (Lipinski definition) is 0. The molecule has 1 aromatic carbocycles. The van der Waals surface area contributed by atoms with E-state index in [1.54, 1.807) is 24.5 Å². The van der Waals surface area contributed by atoms with E-state index in [0.29, 0.717) is 12.1 Å². The normalized spacial score (nSPS) is 14.1. The highest BCUT2D eigenvalue weighted by atomic mass is 16.2. The number of rotatable bonds is 1. The predicted molar refractivity (Wildman–Crippen MR) is 73.9 cm³/mol. The summed E-state index contributed by atoms with van der Waals surface area (Å²) in [5.74, 6) is 0.0922. The number of pyridine rings is 1. The molecule has 1 aliphatic heterocycles. The van der Waals surface area contributed by atoms with E-state index in [-0.39, 0.29) is 5.91 Å². The molecule has 2 aromatic rings. The van der Waals surface area contributed by atoms with Crippen LogP contribution in [0.1, 0.15) is 27.0 Å². The third-order valence-corrected chi connectivity index (χ3v) is 3.59. The molecule has 0 bridgehead atoms. The first-order chi connectivity index (χ1) is 9.24. The van der Waals surface area contributed by atoms with Crippen molar-refractivity contribution in [2.45, 2.75) is 19.9 Å². The lowest BCUT2D eigenvalue weighted by Gasteiger charge is -2.29. The van der Waals surface area contributed by atoms with Gasteiger partial charge in [-0.05, 0) is 36.6 Å². The van der Waals surface area contributed by atoms with Gasteiger partial charge in [-0.15, -0.1) is 0 Å². The van der Waals surface area contributed by atoms with Crippen LogP contribution < -0.4 is 0 Å². The molecule has 0 spiro atoms. The molecule has 3 rings (SSSR count). The molecule has 0 fully saturated rings. The van der Waals surface area contributed by atoms with E-state index in [1.165, 1.54) is 16.7 Å². The predicted octanol–water partition coefficient (Wildman–Crippen LogP) is 2.59. The Bertz CT molecular complexity index is 607. The fraction of sp³-hybridized carbons (Fsp3) is 0.250. The zero-order chi connectivity index (χ0) is 13.2. The Morgan fingerprint density at radius 1 is 1.16 bits per heavy atom. The van der Waals surface area contributed by atoms with Crippen LogP contribution in [-0.2, 0) is 13.0 Å². The quantitative estimate of drug-likeness (QED) is 0.781. The molecule has 1 amide bonds. The molecule has 19 heavy (non-hydrogen) atoms. The van der Waals surface area contributed by atoms with E-state index in [2.05, 4.69) is 30.1 Å². The molecule has 1 aliphatic rings. The Morgan fingerprint density at radius 2 is 1.95 bits per heavy atom. The zero-order valence-electron chi connectivity index (χ0n) is 11.0. The molecular formula is C16H16N2O. The van der Waals surface area contributed by atoms with Gasteiger partial charge in [0.25, 0.3) is 5.91 Å². The number of fused-ring (bicyclic) bond motifs is 1. The summed E-state index contributed by atoms with van der Waals surface area (Å²) in [6.45, 7) is 3.58. The van der Waals surface area contributed by atoms with Gasteiger partial charge in [-0.25, -0.2) is 0 Å². The first kappa shape index (κ1) is 11.9. The van der Waals surface area contributed by atoms with Crippen LogP contribution in [0.3, 0.4) is 0 Å². The minimum atomic E-state index is 0.0922. The van der Waals surface area contributed by atoms with Crippen LogP contribution in [0.15, 0.2) is 42.7 Å². The number of carbonyl (C=O) groups excluding carboxylic acids is 1. The molecule has 0 saturated heterocycles. The van der Waals surface area contributed by atoms with Gasteiger partial charge in [-0.1, -0.05) is 23.8 Å². The molecule has 0 radical (unpaired) electrons. The van der Waals surface area contributed by atoms with Gasteiger partial charge >= 0.3 is 0 Å². The first-order valence-electron chi connectivity index (χ1n) is 6.52. The maximum absolute atomic E-state index is 12.4. The molecule has 3 nitrogen and oxygen atoms in total. The number of aromatic nitrogens is 1. The van der Waals surface area contributed by atoms with Gasteiger partial charge < -0.3 is 4.90 Å². The standard InChI is InChI=1S/C16H16N2O/c1-12-2-3-13-6-9-18(11-15(13)10-12)16(19)14-4-7-17-8-5-14/h2-5,7-8,10H,6,9,11H2,1H3. The highest BCUT2D eigenvalue weighted by Crippen LogP contribution is 2.21. The van der Waals surface area contributed by atoms with Crippen LogP contribution in [0.5, 0.6) is 0 Å². The van der Waals surface area contributed by atoms with Crippen molar-refractivity contribution in [1.82, 2.24) is 9.88 Å². The third kappa shape index (κ3) is 2.36. The smallest absolute Gasteiger partial charge is 0.254 e. The Kier molecular flexibility index (Phi) is 3.03. The SMILES string of the molecule is Cc1ccc2c(c1)CN(C(=O)c1ccncc1)CC2. The van der Waals surface area contributed by atoms with Crippen molar-refractivity contribution in [2.75, 3.05) is 6.54 Å². The summed E-state index contributed by atoms with van der Waals surface area (Å²) in [5.41, 5.74) is 4.60. The maximum atomic E-state index is 12.4. The first-order valence-corrected chi connectivity index (χ1v) is 6.52. The summed E-state index contributed by atoms with van der Waals surface area (Å²) in [4.78, 5) is 18.3. The lowest BCUT2D eigenvalue weighted by Crippen LogP contribution is -2.36. The summed E-state index contributed by atoms with van der Waals surface area (Å²) in [6.07, 6.45) is 4.26. The van der Waals surface area contributed by atoms with Crippen LogP contribution in [-0.4, -0.2) is 22.3 Å². The highest BCUT2D eigenvalue weighted by molar-refractivity contribution is 5.94. The van der Waals surface area contributed by atoms with Crippen molar-refractivity contribution in [3.05, 3.63) is 65.0 Å². The van der Waals surface area contributed by atoms with Crippen LogP contribution in [0.25, 0.3) is 0 Å². The van der Waals surface area contributed by atoms with E-state index in [0.717, 1.165) is 13.0 Å². The van der Waals surface area contributed by atoms with E-state index >= 15 is 0 Å². The van der Waals surface area contributed by atoms with Gasteiger partial charge in [0.1, 0.15) is 0 Å². The van der Waals surface area contributed by atoms with Gasteiger partial charge in [0, 0.05) is 31.0 Å². The molecule has 96 valence electrons. The van der Waals surface area contributed by atoms with Crippen molar-refractivity contribution < 1.29 is 4.79 Å². The Labute approximate surface area is 112 Å². The summed E-state index contributed by atoms with van der Waals surface area (Å²) in [7, 11) is 0. The minimum Gasteiger partial charge on any atom is -0.334 e. The molecule has 0 aliphatic carbocycles. The number of aryl methyl sites for hydroxylation is 1. The number of amides is 1. The van der Waals surface area contributed by atoms with Crippen molar-refractivity contribution in [3.63, 3.8) is 0 Å². The second-order valence-electron chi connectivity index (χ2n) is 4.98. The summed E-state index contributed by atoms with van der Waals surface area (Å²) < 4.78 is 0.